The third-order valence-corrected chi connectivity index (χ3v) is 4.12. The van der Waals surface area contributed by atoms with Crippen LogP contribution in [-0.2, 0) is 13.1 Å². The molecule has 1 N–H and O–H groups in total. The molecule has 5 heteroatoms. The van der Waals surface area contributed by atoms with Crippen LogP contribution in [0.15, 0.2) is 29.6 Å². The number of benzene rings is 1. The van der Waals surface area contributed by atoms with E-state index in [4.69, 9.17) is 16.3 Å². The maximum Gasteiger partial charge on any atom is 0.141 e. The summed E-state index contributed by atoms with van der Waals surface area (Å²) >= 11 is 7.59. The molecule has 0 aliphatic heterocycles. The highest BCUT2D eigenvalue weighted by Gasteiger charge is 2.06. The average Bonchev–Trinajstić information content (AvgIpc) is 2.82. The zero-order chi connectivity index (χ0) is 14.5. The van der Waals surface area contributed by atoms with E-state index < -0.39 is 0 Å². The molecular weight excluding hydrogens is 292 g/mol. The number of nitrogens with one attached hydrogen (secondary N) is 1. The summed E-state index contributed by atoms with van der Waals surface area (Å²) in [4.78, 5) is 3.35. The van der Waals surface area contributed by atoms with E-state index in [0.717, 1.165) is 29.5 Å². The first-order valence-electron chi connectivity index (χ1n) is 6.37. The first kappa shape index (κ1) is 15.2. The Balaban J connectivity index is 2.11. The molecule has 0 spiro atoms. The minimum Gasteiger partial charge on any atom is -0.495 e. The lowest BCUT2D eigenvalue weighted by Gasteiger charge is -2.14. The van der Waals surface area contributed by atoms with E-state index in [1.54, 1.807) is 18.4 Å². The molecule has 0 unspecified atom stereocenters. The normalized spacial score (nSPS) is 10.8. The van der Waals surface area contributed by atoms with Crippen LogP contribution >= 0.6 is 22.9 Å². The van der Waals surface area contributed by atoms with Gasteiger partial charge in [0.1, 0.15) is 5.75 Å². The van der Waals surface area contributed by atoms with Crippen molar-refractivity contribution >= 4 is 28.6 Å². The number of ether oxygens (including phenoxy) is 1. The number of hydrogen-bond donors (Lipinski definition) is 1. The number of nitrogens with zero attached hydrogens (tertiary/aromatic N) is 1. The molecule has 0 atom stereocenters. The number of anilines is 1. The zero-order valence-electron chi connectivity index (χ0n) is 11.9. The lowest BCUT2D eigenvalue weighted by Crippen LogP contribution is -2.11. The molecule has 0 aliphatic carbocycles. The fourth-order valence-electron chi connectivity index (χ4n) is 1.99. The Labute approximate surface area is 129 Å². The molecule has 20 heavy (non-hydrogen) atoms. The molecule has 0 fully saturated rings. The van der Waals surface area contributed by atoms with Crippen LogP contribution in [0.25, 0.3) is 0 Å². The van der Waals surface area contributed by atoms with Crippen LogP contribution in [0.3, 0.4) is 0 Å². The number of methoxy groups -OCH3 is 1. The van der Waals surface area contributed by atoms with Gasteiger partial charge in [0, 0.05) is 23.3 Å². The molecule has 108 valence electrons. The van der Waals surface area contributed by atoms with Crippen molar-refractivity contribution < 1.29 is 4.74 Å². The van der Waals surface area contributed by atoms with E-state index in [2.05, 4.69) is 36.4 Å². The number of halogens is 1. The van der Waals surface area contributed by atoms with Gasteiger partial charge in [-0.25, -0.2) is 0 Å². The average molecular weight is 311 g/mol. The van der Waals surface area contributed by atoms with Crippen molar-refractivity contribution in [1.82, 2.24) is 4.90 Å². The van der Waals surface area contributed by atoms with Gasteiger partial charge in [0.15, 0.2) is 0 Å². The summed E-state index contributed by atoms with van der Waals surface area (Å²) in [7, 11) is 5.81. The second-order valence-electron chi connectivity index (χ2n) is 4.86. The first-order valence-corrected chi connectivity index (χ1v) is 7.62. The Hall–Kier alpha value is -1.23. The van der Waals surface area contributed by atoms with E-state index in [1.165, 1.54) is 10.4 Å². The quantitative estimate of drug-likeness (QED) is 0.870. The van der Waals surface area contributed by atoms with Crippen molar-refractivity contribution in [2.24, 2.45) is 0 Å². The fraction of sp³-hybridized carbons (Fsp3) is 0.333. The third-order valence-electron chi connectivity index (χ3n) is 2.84. The fourth-order valence-corrected chi connectivity index (χ4v) is 3.00. The summed E-state index contributed by atoms with van der Waals surface area (Å²) in [6.07, 6.45) is 0. The van der Waals surface area contributed by atoms with Crippen LogP contribution in [0.5, 0.6) is 5.75 Å². The summed E-state index contributed by atoms with van der Waals surface area (Å²) in [6, 6.07) is 8.21. The van der Waals surface area contributed by atoms with Gasteiger partial charge in [0.25, 0.3) is 0 Å². The van der Waals surface area contributed by atoms with Crippen LogP contribution in [0.2, 0.25) is 5.02 Å². The Morgan fingerprint density at radius 3 is 2.70 bits per heavy atom. The van der Waals surface area contributed by atoms with Gasteiger partial charge in [-0.2, -0.15) is 0 Å². The van der Waals surface area contributed by atoms with Crippen LogP contribution in [-0.4, -0.2) is 26.1 Å². The summed E-state index contributed by atoms with van der Waals surface area (Å²) in [5.74, 6) is 0.857. The van der Waals surface area contributed by atoms with E-state index >= 15 is 0 Å². The largest absolute Gasteiger partial charge is 0.495 e. The van der Waals surface area contributed by atoms with Gasteiger partial charge in [-0.05, 0) is 37.9 Å². The maximum absolute atomic E-state index is 5.94. The molecule has 0 amide bonds. The second-order valence-corrected chi connectivity index (χ2v) is 6.29. The number of thiophene rings is 1. The Morgan fingerprint density at radius 2 is 2.10 bits per heavy atom. The minimum atomic E-state index is 0.749. The van der Waals surface area contributed by atoms with Gasteiger partial charge >= 0.3 is 0 Å². The van der Waals surface area contributed by atoms with Gasteiger partial charge in [-0.1, -0.05) is 17.7 Å². The molecule has 0 aliphatic rings. The van der Waals surface area contributed by atoms with Crippen LogP contribution in [0.1, 0.15) is 10.4 Å². The second kappa shape index (κ2) is 6.97. The summed E-state index contributed by atoms with van der Waals surface area (Å²) in [6.45, 7) is 1.66. The molecule has 0 radical (unpaired) electrons. The smallest absolute Gasteiger partial charge is 0.141 e. The molecule has 1 aromatic heterocycles. The first-order chi connectivity index (χ1) is 9.58. The van der Waals surface area contributed by atoms with E-state index in [9.17, 15) is 0 Å². The predicted octanol–water partition coefficient (Wildman–Crippen LogP) is 4.08. The van der Waals surface area contributed by atoms with E-state index in [0.29, 0.717) is 0 Å². The highest BCUT2D eigenvalue weighted by atomic mass is 35.5. The number of rotatable bonds is 6. The summed E-state index contributed by atoms with van der Waals surface area (Å²) in [5.41, 5.74) is 2.26. The lowest BCUT2D eigenvalue weighted by molar-refractivity contribution is 0.400. The molecule has 3 nitrogen and oxygen atoms in total. The topological polar surface area (TPSA) is 24.5 Å². The Bertz CT molecular complexity index is 569. The van der Waals surface area contributed by atoms with Crippen molar-refractivity contribution in [3.05, 3.63) is 45.1 Å². The van der Waals surface area contributed by atoms with Gasteiger partial charge in [0.05, 0.1) is 17.8 Å². The number of hydrogen-bond acceptors (Lipinski definition) is 4. The van der Waals surface area contributed by atoms with Gasteiger partial charge < -0.3 is 15.0 Å². The van der Waals surface area contributed by atoms with E-state index in [1.807, 2.05) is 17.5 Å². The lowest BCUT2D eigenvalue weighted by atomic mass is 10.1. The van der Waals surface area contributed by atoms with Gasteiger partial charge in [-0.15, -0.1) is 11.3 Å². The molecule has 0 saturated heterocycles. The molecule has 2 aromatic rings. The SMILES string of the molecule is COc1ccc(CN(C)C)cc1NCc1cc(Cl)cs1. The predicted molar refractivity (Wildman–Crippen MR) is 87.0 cm³/mol. The standard InChI is InChI=1S/C15H19ClN2OS/c1-18(2)9-11-4-5-15(19-3)14(6-11)17-8-13-7-12(16)10-20-13/h4-7,10,17H,8-9H2,1-3H3. The molecule has 2 rings (SSSR count). The van der Waals surface area contributed by atoms with Crippen molar-refractivity contribution in [1.29, 1.82) is 0 Å². The zero-order valence-corrected chi connectivity index (χ0v) is 13.5. The van der Waals surface area contributed by atoms with Crippen LogP contribution in [0.4, 0.5) is 5.69 Å². The van der Waals surface area contributed by atoms with Gasteiger partial charge in [0.2, 0.25) is 0 Å². The Kier molecular flexibility index (Phi) is 5.29. The summed E-state index contributed by atoms with van der Waals surface area (Å²) < 4.78 is 5.40. The molecule has 0 saturated carbocycles. The molecule has 1 heterocycles. The van der Waals surface area contributed by atoms with Crippen molar-refractivity contribution in [2.45, 2.75) is 13.1 Å². The monoisotopic (exact) mass is 310 g/mol. The summed E-state index contributed by atoms with van der Waals surface area (Å²) in [5, 5.41) is 6.15. The Morgan fingerprint density at radius 1 is 1.30 bits per heavy atom. The van der Waals surface area contributed by atoms with Gasteiger partial charge in [-0.3, -0.25) is 0 Å². The minimum absolute atomic E-state index is 0.749. The van der Waals surface area contributed by atoms with Crippen LogP contribution in [0, 0.1) is 0 Å². The van der Waals surface area contributed by atoms with Crippen LogP contribution < -0.4 is 10.1 Å². The van der Waals surface area contributed by atoms with Crippen molar-refractivity contribution in [2.75, 3.05) is 26.5 Å². The highest BCUT2D eigenvalue weighted by Crippen LogP contribution is 2.27. The third kappa shape index (κ3) is 4.13. The molecular formula is C15H19ClN2OS. The molecule has 1 aromatic carbocycles. The highest BCUT2D eigenvalue weighted by molar-refractivity contribution is 7.10. The molecule has 0 bridgehead atoms. The van der Waals surface area contributed by atoms with Crippen molar-refractivity contribution in [3.63, 3.8) is 0 Å². The van der Waals surface area contributed by atoms with E-state index in [-0.39, 0.29) is 0 Å². The van der Waals surface area contributed by atoms with Crippen molar-refractivity contribution in [3.8, 4) is 5.75 Å². The maximum atomic E-state index is 5.94.